The van der Waals surface area contributed by atoms with Crippen molar-refractivity contribution >= 4 is 17.6 Å². The van der Waals surface area contributed by atoms with Gasteiger partial charge in [0.1, 0.15) is 5.75 Å². The van der Waals surface area contributed by atoms with Crippen LogP contribution in [0.15, 0.2) is 42.5 Å². The van der Waals surface area contributed by atoms with Crippen molar-refractivity contribution < 1.29 is 14.6 Å². The Kier molecular flexibility index (Phi) is 3.53. The monoisotopic (exact) mass is 262 g/mol. The van der Waals surface area contributed by atoms with E-state index in [-0.39, 0.29) is 5.75 Å². The Bertz CT molecular complexity index is 593. The number of benzene rings is 2. The van der Waals surface area contributed by atoms with E-state index in [9.17, 15) is 9.90 Å². The van der Waals surface area contributed by atoms with Crippen molar-refractivity contribution in [2.75, 3.05) is 7.11 Å². The molecule has 2 aromatic rings. The van der Waals surface area contributed by atoms with Crippen molar-refractivity contribution in [3.8, 4) is 16.9 Å². The van der Waals surface area contributed by atoms with Crippen LogP contribution in [0.1, 0.15) is 10.4 Å². The minimum Gasteiger partial charge on any atom is -0.507 e. The molecule has 0 aliphatic carbocycles. The fraction of sp³-hybridized carbons (Fsp3) is 0.0714. The molecule has 0 atom stereocenters. The number of methoxy groups -OCH3 is 1. The zero-order chi connectivity index (χ0) is 13.1. The number of hydrogen-bond acceptors (Lipinski definition) is 3. The summed E-state index contributed by atoms with van der Waals surface area (Å²) in [6.45, 7) is 0. The summed E-state index contributed by atoms with van der Waals surface area (Å²) in [5, 5.41) is 10.2. The lowest BCUT2D eigenvalue weighted by Gasteiger charge is -2.07. The zero-order valence-corrected chi connectivity index (χ0v) is 10.4. The van der Waals surface area contributed by atoms with Crippen molar-refractivity contribution in [1.82, 2.24) is 0 Å². The van der Waals surface area contributed by atoms with E-state index in [0.29, 0.717) is 21.7 Å². The van der Waals surface area contributed by atoms with Crippen molar-refractivity contribution in [3.63, 3.8) is 0 Å². The Morgan fingerprint density at radius 1 is 1.22 bits per heavy atom. The molecule has 18 heavy (non-hydrogen) atoms. The summed E-state index contributed by atoms with van der Waals surface area (Å²) in [5.74, 6) is -0.329. The van der Waals surface area contributed by atoms with Gasteiger partial charge in [-0.1, -0.05) is 29.8 Å². The minimum atomic E-state index is -0.464. The van der Waals surface area contributed by atoms with Crippen LogP contribution in [0.3, 0.4) is 0 Å². The lowest BCUT2D eigenvalue weighted by atomic mass is 10.0. The van der Waals surface area contributed by atoms with E-state index in [0.717, 1.165) is 0 Å². The Balaban J connectivity index is 2.55. The van der Waals surface area contributed by atoms with Crippen molar-refractivity contribution in [2.45, 2.75) is 0 Å². The minimum absolute atomic E-state index is 0.135. The summed E-state index contributed by atoms with van der Waals surface area (Å²) in [7, 11) is 1.31. The van der Waals surface area contributed by atoms with Crippen LogP contribution in [0.25, 0.3) is 11.1 Å². The van der Waals surface area contributed by atoms with Crippen LogP contribution in [0.2, 0.25) is 5.02 Å². The molecule has 0 aliphatic heterocycles. The van der Waals surface area contributed by atoms with Gasteiger partial charge in [0.25, 0.3) is 0 Å². The van der Waals surface area contributed by atoms with E-state index in [1.807, 2.05) is 0 Å². The van der Waals surface area contributed by atoms with Crippen LogP contribution in [0.4, 0.5) is 0 Å². The molecule has 0 saturated heterocycles. The summed E-state index contributed by atoms with van der Waals surface area (Å²) in [6, 6.07) is 11.7. The molecule has 2 rings (SSSR count). The smallest absolute Gasteiger partial charge is 0.337 e. The number of phenolic OH excluding ortho intramolecular Hbond substituents is 1. The SMILES string of the molecule is COC(=O)c1cc(Cl)cc(-c2ccccc2O)c1. The molecule has 0 heterocycles. The maximum atomic E-state index is 11.5. The fourth-order valence-electron chi connectivity index (χ4n) is 1.70. The zero-order valence-electron chi connectivity index (χ0n) is 9.68. The normalized spacial score (nSPS) is 10.1. The molecular formula is C14H11ClO3. The molecule has 1 N–H and O–H groups in total. The first-order valence-corrected chi connectivity index (χ1v) is 5.67. The second-order valence-electron chi connectivity index (χ2n) is 3.74. The molecule has 2 aromatic carbocycles. The number of para-hydroxylation sites is 1. The van der Waals surface area contributed by atoms with Crippen molar-refractivity contribution in [1.29, 1.82) is 0 Å². The van der Waals surface area contributed by atoms with E-state index in [2.05, 4.69) is 4.74 Å². The third-order valence-corrected chi connectivity index (χ3v) is 2.75. The number of hydrogen-bond donors (Lipinski definition) is 1. The third kappa shape index (κ3) is 2.46. The largest absolute Gasteiger partial charge is 0.507 e. The summed E-state index contributed by atoms with van der Waals surface area (Å²) < 4.78 is 4.65. The van der Waals surface area contributed by atoms with Crippen LogP contribution < -0.4 is 0 Å². The number of carbonyl (C=O) groups is 1. The van der Waals surface area contributed by atoms with E-state index in [1.54, 1.807) is 36.4 Å². The lowest BCUT2D eigenvalue weighted by molar-refractivity contribution is 0.0601. The average Bonchev–Trinajstić information content (AvgIpc) is 2.37. The number of halogens is 1. The molecule has 0 spiro atoms. The highest BCUT2D eigenvalue weighted by atomic mass is 35.5. The number of rotatable bonds is 2. The van der Waals surface area contributed by atoms with Gasteiger partial charge in [0, 0.05) is 10.6 Å². The van der Waals surface area contributed by atoms with Crippen LogP contribution in [0, 0.1) is 0 Å². The maximum absolute atomic E-state index is 11.5. The summed E-state index contributed by atoms with van der Waals surface area (Å²) in [5.41, 5.74) is 1.63. The summed E-state index contributed by atoms with van der Waals surface area (Å²) in [6.07, 6.45) is 0. The molecule has 0 aromatic heterocycles. The van der Waals surface area contributed by atoms with Gasteiger partial charge in [-0.2, -0.15) is 0 Å². The van der Waals surface area contributed by atoms with E-state index < -0.39 is 5.97 Å². The topological polar surface area (TPSA) is 46.5 Å². The maximum Gasteiger partial charge on any atom is 0.337 e. The van der Waals surface area contributed by atoms with Gasteiger partial charge in [-0.05, 0) is 29.8 Å². The molecule has 0 amide bonds. The van der Waals surface area contributed by atoms with Gasteiger partial charge in [-0.3, -0.25) is 0 Å². The number of ether oxygens (including phenoxy) is 1. The van der Waals surface area contributed by atoms with Crippen LogP contribution in [-0.2, 0) is 4.74 Å². The first kappa shape index (κ1) is 12.5. The van der Waals surface area contributed by atoms with Gasteiger partial charge in [0.15, 0.2) is 0 Å². The van der Waals surface area contributed by atoms with Crippen LogP contribution in [-0.4, -0.2) is 18.2 Å². The van der Waals surface area contributed by atoms with E-state index in [4.69, 9.17) is 11.6 Å². The third-order valence-electron chi connectivity index (χ3n) is 2.53. The molecule has 0 saturated carbocycles. The molecule has 0 bridgehead atoms. The van der Waals surface area contributed by atoms with Crippen molar-refractivity contribution in [2.24, 2.45) is 0 Å². The first-order valence-electron chi connectivity index (χ1n) is 5.29. The van der Waals surface area contributed by atoms with E-state index in [1.165, 1.54) is 13.2 Å². The fourth-order valence-corrected chi connectivity index (χ4v) is 1.93. The van der Waals surface area contributed by atoms with Crippen LogP contribution in [0.5, 0.6) is 5.75 Å². The molecular weight excluding hydrogens is 252 g/mol. The molecule has 92 valence electrons. The second kappa shape index (κ2) is 5.10. The molecule has 0 fully saturated rings. The number of phenols is 1. The van der Waals surface area contributed by atoms with Gasteiger partial charge in [-0.15, -0.1) is 0 Å². The van der Waals surface area contributed by atoms with Gasteiger partial charge in [0.05, 0.1) is 12.7 Å². The first-order chi connectivity index (χ1) is 8.61. The lowest BCUT2D eigenvalue weighted by Crippen LogP contribution is -2.01. The van der Waals surface area contributed by atoms with Crippen molar-refractivity contribution in [3.05, 3.63) is 53.1 Å². The Morgan fingerprint density at radius 3 is 2.61 bits per heavy atom. The average molecular weight is 263 g/mol. The highest BCUT2D eigenvalue weighted by molar-refractivity contribution is 6.31. The molecule has 4 heteroatoms. The number of carbonyl (C=O) groups excluding carboxylic acids is 1. The van der Waals surface area contributed by atoms with Crippen LogP contribution >= 0.6 is 11.6 Å². The molecule has 3 nitrogen and oxygen atoms in total. The highest BCUT2D eigenvalue weighted by Crippen LogP contribution is 2.31. The van der Waals surface area contributed by atoms with Gasteiger partial charge in [0.2, 0.25) is 0 Å². The van der Waals surface area contributed by atoms with Gasteiger partial charge in [-0.25, -0.2) is 4.79 Å². The summed E-state index contributed by atoms with van der Waals surface area (Å²) in [4.78, 5) is 11.5. The van der Waals surface area contributed by atoms with Gasteiger partial charge < -0.3 is 9.84 Å². The summed E-state index contributed by atoms with van der Waals surface area (Å²) >= 11 is 5.96. The Hall–Kier alpha value is -2.00. The number of esters is 1. The standard InChI is InChI=1S/C14H11ClO3/c1-18-14(17)10-6-9(7-11(15)8-10)12-4-2-3-5-13(12)16/h2-8,16H,1H3. The molecule has 0 aliphatic rings. The second-order valence-corrected chi connectivity index (χ2v) is 4.17. The molecule has 0 radical (unpaired) electrons. The quantitative estimate of drug-likeness (QED) is 0.843. The van der Waals surface area contributed by atoms with E-state index >= 15 is 0 Å². The van der Waals surface area contributed by atoms with Gasteiger partial charge >= 0.3 is 5.97 Å². The predicted molar refractivity (Wildman–Crippen MR) is 69.9 cm³/mol. The Labute approximate surface area is 110 Å². The highest BCUT2D eigenvalue weighted by Gasteiger charge is 2.11. The predicted octanol–water partition coefficient (Wildman–Crippen LogP) is 3.50. The molecule has 0 unspecified atom stereocenters. The Morgan fingerprint density at radius 2 is 1.94 bits per heavy atom. The number of aromatic hydroxyl groups is 1.